The summed E-state index contributed by atoms with van der Waals surface area (Å²) in [5.41, 5.74) is 1.59. The standard InChI is InChI=1S/C21H24N2O4S/c1-27-20-10-6-5-9-19(20)11-12-21(24)22-13-15-23(16-14-22)28(25,26)17-18-7-3-2-4-8-18/h2-12H,13-17H2,1H3. The summed E-state index contributed by atoms with van der Waals surface area (Å²) in [7, 11) is -1.80. The van der Waals surface area contributed by atoms with Crippen molar-refractivity contribution >= 4 is 22.0 Å². The maximum atomic E-state index is 12.6. The van der Waals surface area contributed by atoms with Crippen LogP contribution in [0.5, 0.6) is 5.75 Å². The van der Waals surface area contributed by atoms with Gasteiger partial charge in [-0.1, -0.05) is 48.5 Å². The van der Waals surface area contributed by atoms with E-state index in [1.54, 1.807) is 30.2 Å². The monoisotopic (exact) mass is 400 g/mol. The van der Waals surface area contributed by atoms with Crippen molar-refractivity contribution in [2.24, 2.45) is 0 Å². The fraction of sp³-hybridized carbons (Fsp3) is 0.286. The third-order valence-corrected chi connectivity index (χ3v) is 6.53. The first-order valence-corrected chi connectivity index (χ1v) is 10.7. The van der Waals surface area contributed by atoms with Gasteiger partial charge < -0.3 is 9.64 Å². The summed E-state index contributed by atoms with van der Waals surface area (Å²) in [4.78, 5) is 14.1. The predicted molar refractivity (Wildman–Crippen MR) is 109 cm³/mol. The highest BCUT2D eigenvalue weighted by atomic mass is 32.2. The van der Waals surface area contributed by atoms with Gasteiger partial charge in [0.2, 0.25) is 15.9 Å². The number of rotatable bonds is 6. The lowest BCUT2D eigenvalue weighted by atomic mass is 10.2. The predicted octanol–water partition coefficient (Wildman–Crippen LogP) is 2.38. The second-order valence-corrected chi connectivity index (χ2v) is 8.51. The molecule has 1 fully saturated rings. The van der Waals surface area contributed by atoms with Crippen molar-refractivity contribution in [3.05, 3.63) is 71.8 Å². The molecule has 2 aromatic carbocycles. The highest BCUT2D eigenvalue weighted by Gasteiger charge is 2.28. The molecule has 0 saturated carbocycles. The zero-order valence-corrected chi connectivity index (χ0v) is 16.6. The third kappa shape index (κ3) is 4.99. The molecule has 28 heavy (non-hydrogen) atoms. The number of carbonyl (C=O) groups is 1. The first-order chi connectivity index (χ1) is 13.5. The number of amides is 1. The Kier molecular flexibility index (Phi) is 6.49. The lowest BCUT2D eigenvalue weighted by molar-refractivity contribution is -0.127. The van der Waals surface area contributed by atoms with Crippen molar-refractivity contribution in [3.8, 4) is 5.75 Å². The molecule has 0 atom stereocenters. The van der Waals surface area contributed by atoms with E-state index in [9.17, 15) is 13.2 Å². The Morgan fingerprint density at radius 3 is 2.32 bits per heavy atom. The van der Waals surface area contributed by atoms with E-state index in [1.807, 2.05) is 42.5 Å². The van der Waals surface area contributed by atoms with Gasteiger partial charge in [-0.25, -0.2) is 8.42 Å². The second-order valence-electron chi connectivity index (χ2n) is 6.54. The number of carbonyl (C=O) groups excluding carboxylic acids is 1. The van der Waals surface area contributed by atoms with Gasteiger partial charge in [0.25, 0.3) is 0 Å². The molecule has 0 radical (unpaired) electrons. The number of sulfonamides is 1. The molecule has 1 aliphatic rings. The molecule has 7 heteroatoms. The van der Waals surface area contributed by atoms with Crippen molar-refractivity contribution in [2.75, 3.05) is 33.3 Å². The number of nitrogens with zero attached hydrogens (tertiary/aromatic N) is 2. The highest BCUT2D eigenvalue weighted by Crippen LogP contribution is 2.19. The van der Waals surface area contributed by atoms with Crippen LogP contribution in [0.15, 0.2) is 60.7 Å². The Morgan fingerprint density at radius 2 is 1.64 bits per heavy atom. The summed E-state index contributed by atoms with van der Waals surface area (Å²) >= 11 is 0. The molecule has 0 aromatic heterocycles. The fourth-order valence-electron chi connectivity index (χ4n) is 3.13. The first kappa shape index (κ1) is 20.1. The fourth-order valence-corrected chi connectivity index (χ4v) is 4.65. The first-order valence-electron chi connectivity index (χ1n) is 9.11. The normalized spacial score (nSPS) is 15.7. The van der Waals surface area contributed by atoms with Crippen LogP contribution in [0.1, 0.15) is 11.1 Å². The molecule has 0 unspecified atom stereocenters. The summed E-state index contributed by atoms with van der Waals surface area (Å²) in [6.07, 6.45) is 3.23. The third-order valence-electron chi connectivity index (χ3n) is 4.68. The second kappa shape index (κ2) is 9.03. The van der Waals surface area contributed by atoms with Crippen molar-refractivity contribution < 1.29 is 17.9 Å². The quantitative estimate of drug-likeness (QED) is 0.699. The zero-order valence-electron chi connectivity index (χ0n) is 15.8. The van der Waals surface area contributed by atoms with Crippen LogP contribution in [-0.2, 0) is 20.6 Å². The minimum atomic E-state index is -3.39. The minimum Gasteiger partial charge on any atom is -0.496 e. The summed E-state index contributed by atoms with van der Waals surface area (Å²) < 4.78 is 32.0. The number of para-hydroxylation sites is 1. The van der Waals surface area contributed by atoms with Crippen LogP contribution in [0.3, 0.4) is 0 Å². The largest absolute Gasteiger partial charge is 0.496 e. The SMILES string of the molecule is COc1ccccc1C=CC(=O)N1CCN(S(=O)(=O)Cc2ccccc2)CC1. The molecular formula is C21H24N2O4S. The summed E-state index contributed by atoms with van der Waals surface area (Å²) in [6.45, 7) is 1.37. The molecule has 1 heterocycles. The number of hydrogen-bond donors (Lipinski definition) is 0. The lowest BCUT2D eigenvalue weighted by Gasteiger charge is -2.33. The van der Waals surface area contributed by atoms with Crippen molar-refractivity contribution in [1.82, 2.24) is 9.21 Å². The van der Waals surface area contributed by atoms with Crippen molar-refractivity contribution in [3.63, 3.8) is 0 Å². The molecule has 0 N–H and O–H groups in total. The van der Waals surface area contributed by atoms with Gasteiger partial charge in [0.15, 0.2) is 0 Å². The van der Waals surface area contributed by atoms with Gasteiger partial charge in [-0.2, -0.15) is 4.31 Å². The van der Waals surface area contributed by atoms with Gasteiger partial charge in [0.1, 0.15) is 5.75 Å². The molecular weight excluding hydrogens is 376 g/mol. The van der Waals surface area contributed by atoms with Gasteiger partial charge in [-0.15, -0.1) is 0 Å². The van der Waals surface area contributed by atoms with Crippen LogP contribution >= 0.6 is 0 Å². The van der Waals surface area contributed by atoms with Gasteiger partial charge in [-0.05, 0) is 17.7 Å². The number of piperazine rings is 1. The number of methoxy groups -OCH3 is 1. The molecule has 1 amide bonds. The molecule has 6 nitrogen and oxygen atoms in total. The highest BCUT2D eigenvalue weighted by molar-refractivity contribution is 7.88. The van der Waals surface area contributed by atoms with Crippen LogP contribution in [-0.4, -0.2) is 56.8 Å². The van der Waals surface area contributed by atoms with Gasteiger partial charge in [0.05, 0.1) is 12.9 Å². The molecule has 0 aliphatic carbocycles. The van der Waals surface area contributed by atoms with Crippen LogP contribution in [0, 0.1) is 0 Å². The lowest BCUT2D eigenvalue weighted by Crippen LogP contribution is -2.50. The smallest absolute Gasteiger partial charge is 0.246 e. The Labute approximate surface area is 166 Å². The van der Waals surface area contributed by atoms with Crippen LogP contribution in [0.4, 0.5) is 0 Å². The Balaban J connectivity index is 1.57. The van der Waals surface area contributed by atoms with E-state index in [1.165, 1.54) is 10.4 Å². The maximum absolute atomic E-state index is 12.6. The molecule has 148 valence electrons. The molecule has 0 bridgehead atoms. The van der Waals surface area contributed by atoms with Crippen LogP contribution < -0.4 is 4.74 Å². The minimum absolute atomic E-state index is 0.0184. The van der Waals surface area contributed by atoms with E-state index < -0.39 is 10.0 Å². The van der Waals surface area contributed by atoms with E-state index in [4.69, 9.17) is 4.74 Å². The summed E-state index contributed by atoms with van der Waals surface area (Å²) in [5.74, 6) is 0.546. The molecule has 2 aromatic rings. The summed E-state index contributed by atoms with van der Waals surface area (Å²) in [6, 6.07) is 16.6. The topological polar surface area (TPSA) is 66.9 Å². The van der Waals surface area contributed by atoms with Crippen molar-refractivity contribution in [1.29, 1.82) is 0 Å². The van der Waals surface area contributed by atoms with E-state index in [0.717, 1.165) is 11.1 Å². The van der Waals surface area contributed by atoms with Gasteiger partial charge >= 0.3 is 0 Å². The zero-order chi connectivity index (χ0) is 20.0. The number of hydrogen-bond acceptors (Lipinski definition) is 4. The van der Waals surface area contributed by atoms with E-state index >= 15 is 0 Å². The molecule has 3 rings (SSSR count). The Morgan fingerprint density at radius 1 is 1.00 bits per heavy atom. The van der Waals surface area contributed by atoms with Crippen molar-refractivity contribution in [2.45, 2.75) is 5.75 Å². The van der Waals surface area contributed by atoms with E-state index in [2.05, 4.69) is 0 Å². The molecule has 1 saturated heterocycles. The number of ether oxygens (including phenoxy) is 1. The van der Waals surface area contributed by atoms with Gasteiger partial charge in [0, 0.05) is 37.8 Å². The van der Waals surface area contributed by atoms with E-state index in [-0.39, 0.29) is 11.7 Å². The van der Waals surface area contributed by atoms with Crippen LogP contribution in [0.2, 0.25) is 0 Å². The summed E-state index contributed by atoms with van der Waals surface area (Å²) in [5, 5.41) is 0. The van der Waals surface area contributed by atoms with Crippen LogP contribution in [0.25, 0.3) is 6.08 Å². The van der Waals surface area contributed by atoms with Gasteiger partial charge in [-0.3, -0.25) is 4.79 Å². The Bertz CT molecular complexity index is 934. The molecule has 0 spiro atoms. The number of benzene rings is 2. The average molecular weight is 401 g/mol. The maximum Gasteiger partial charge on any atom is 0.246 e. The van der Waals surface area contributed by atoms with E-state index in [0.29, 0.717) is 31.9 Å². The molecule has 1 aliphatic heterocycles. The Hall–Kier alpha value is -2.64. The average Bonchev–Trinajstić information content (AvgIpc) is 2.72.